The van der Waals surface area contributed by atoms with Gasteiger partial charge in [-0.05, 0) is 31.0 Å². The van der Waals surface area contributed by atoms with Gasteiger partial charge in [-0.2, -0.15) is 5.26 Å². The molecule has 1 aromatic carbocycles. The number of hydrogen-bond acceptors (Lipinski definition) is 2. The first kappa shape index (κ1) is 13.4. The lowest BCUT2D eigenvalue weighted by Crippen LogP contribution is -2.39. The van der Waals surface area contributed by atoms with Crippen molar-refractivity contribution < 1.29 is 4.79 Å². The summed E-state index contributed by atoms with van der Waals surface area (Å²) in [6.45, 7) is 1.20. The van der Waals surface area contributed by atoms with Crippen molar-refractivity contribution in [1.82, 2.24) is 4.90 Å². The molecular weight excluding hydrogens is 316 g/mol. The Morgan fingerprint density at radius 1 is 1.56 bits per heavy atom. The molecule has 0 radical (unpaired) electrons. The molecule has 0 spiro atoms. The van der Waals surface area contributed by atoms with Crippen LogP contribution in [0.25, 0.3) is 0 Å². The second-order valence-corrected chi connectivity index (χ2v) is 5.67. The van der Waals surface area contributed by atoms with Gasteiger partial charge in [0.2, 0.25) is 0 Å². The summed E-state index contributed by atoms with van der Waals surface area (Å²) in [5, 5.41) is 9.37. The zero-order chi connectivity index (χ0) is 13.1. The van der Waals surface area contributed by atoms with Gasteiger partial charge in [-0.25, -0.2) is 0 Å². The van der Waals surface area contributed by atoms with Crippen LogP contribution in [0.15, 0.2) is 22.7 Å². The topological polar surface area (TPSA) is 44.1 Å². The average Bonchev–Trinajstić information content (AvgIpc) is 2.38. The molecule has 0 bridgehead atoms. The van der Waals surface area contributed by atoms with E-state index in [0.29, 0.717) is 23.7 Å². The zero-order valence-electron chi connectivity index (χ0n) is 9.70. The molecule has 1 heterocycles. The van der Waals surface area contributed by atoms with E-state index in [1.165, 1.54) is 0 Å². The number of amides is 1. The van der Waals surface area contributed by atoms with Crippen molar-refractivity contribution in [2.75, 3.05) is 13.1 Å². The van der Waals surface area contributed by atoms with Crippen LogP contribution in [0.4, 0.5) is 0 Å². The summed E-state index contributed by atoms with van der Waals surface area (Å²) in [4.78, 5) is 14.0. The maximum Gasteiger partial charge on any atom is 0.255 e. The van der Waals surface area contributed by atoms with Gasteiger partial charge in [0.25, 0.3) is 5.91 Å². The molecule has 94 valence electrons. The summed E-state index contributed by atoms with van der Waals surface area (Å²) in [5.74, 6) is -0.149. The Hall–Kier alpha value is -1.05. The largest absolute Gasteiger partial charge is 0.337 e. The predicted octanol–water partition coefficient (Wildman–Crippen LogP) is 3.48. The Morgan fingerprint density at radius 2 is 2.33 bits per heavy atom. The van der Waals surface area contributed by atoms with E-state index >= 15 is 0 Å². The normalized spacial score (nSPS) is 19.4. The number of hydrogen-bond donors (Lipinski definition) is 0. The molecule has 1 saturated heterocycles. The smallest absolute Gasteiger partial charge is 0.255 e. The second kappa shape index (κ2) is 5.73. The van der Waals surface area contributed by atoms with E-state index in [1.54, 1.807) is 23.1 Å². The van der Waals surface area contributed by atoms with Gasteiger partial charge in [-0.3, -0.25) is 4.79 Å². The van der Waals surface area contributed by atoms with E-state index in [1.807, 2.05) is 0 Å². The quantitative estimate of drug-likeness (QED) is 0.792. The highest BCUT2D eigenvalue weighted by Crippen LogP contribution is 2.24. The minimum absolute atomic E-state index is 0.0584. The van der Waals surface area contributed by atoms with E-state index < -0.39 is 0 Å². The van der Waals surface area contributed by atoms with Crippen LogP contribution in [0.3, 0.4) is 0 Å². The number of piperidine rings is 1. The maximum absolute atomic E-state index is 12.3. The minimum atomic E-state index is -0.0903. The first-order chi connectivity index (χ1) is 8.61. The van der Waals surface area contributed by atoms with Crippen LogP contribution in [-0.2, 0) is 0 Å². The first-order valence-electron chi connectivity index (χ1n) is 5.75. The predicted molar refractivity (Wildman–Crippen MR) is 73.4 cm³/mol. The van der Waals surface area contributed by atoms with Gasteiger partial charge < -0.3 is 4.90 Å². The van der Waals surface area contributed by atoms with Crippen LogP contribution in [0.2, 0.25) is 5.02 Å². The highest BCUT2D eigenvalue weighted by Gasteiger charge is 2.25. The molecule has 0 saturated carbocycles. The number of benzene rings is 1. The van der Waals surface area contributed by atoms with Crippen LogP contribution >= 0.6 is 27.5 Å². The van der Waals surface area contributed by atoms with Gasteiger partial charge in [0.05, 0.1) is 22.6 Å². The average molecular weight is 328 g/mol. The van der Waals surface area contributed by atoms with Crippen molar-refractivity contribution >= 4 is 33.4 Å². The van der Waals surface area contributed by atoms with Gasteiger partial charge >= 0.3 is 0 Å². The van der Waals surface area contributed by atoms with Crippen molar-refractivity contribution in [3.05, 3.63) is 33.3 Å². The Bertz CT molecular complexity index is 512. The minimum Gasteiger partial charge on any atom is -0.337 e. The highest BCUT2D eigenvalue weighted by molar-refractivity contribution is 9.10. The molecule has 18 heavy (non-hydrogen) atoms. The molecule has 1 atom stereocenters. The number of nitriles is 1. The maximum atomic E-state index is 12.3. The fourth-order valence-corrected chi connectivity index (χ4v) is 2.85. The summed E-state index contributed by atoms with van der Waals surface area (Å²) < 4.78 is 0.845. The number of carbonyl (C=O) groups is 1. The third-order valence-corrected chi connectivity index (χ3v) is 3.86. The fourth-order valence-electron chi connectivity index (χ4n) is 2.10. The SMILES string of the molecule is N#CC1CCCN(C(=O)c2ccc(Br)cc2Cl)C1. The van der Waals surface area contributed by atoms with Crippen LogP contribution < -0.4 is 0 Å². The summed E-state index contributed by atoms with van der Waals surface area (Å²) >= 11 is 9.38. The lowest BCUT2D eigenvalue weighted by atomic mass is 9.99. The van der Waals surface area contributed by atoms with Gasteiger partial charge in [0, 0.05) is 17.6 Å². The Kier molecular flexibility index (Phi) is 4.26. The summed E-state index contributed by atoms with van der Waals surface area (Å²) in [5.41, 5.74) is 0.499. The lowest BCUT2D eigenvalue weighted by Gasteiger charge is -2.29. The van der Waals surface area contributed by atoms with Gasteiger partial charge in [-0.15, -0.1) is 0 Å². The summed E-state index contributed by atoms with van der Waals surface area (Å²) in [6, 6.07) is 7.45. The summed E-state index contributed by atoms with van der Waals surface area (Å²) in [6.07, 6.45) is 1.74. The molecular formula is C13H12BrClN2O. The molecule has 1 amide bonds. The number of halogens is 2. The molecule has 1 fully saturated rings. The van der Waals surface area contributed by atoms with E-state index in [-0.39, 0.29) is 11.8 Å². The van der Waals surface area contributed by atoms with Crippen molar-refractivity contribution in [1.29, 1.82) is 5.26 Å². The van der Waals surface area contributed by atoms with Crippen molar-refractivity contribution in [3.63, 3.8) is 0 Å². The fraction of sp³-hybridized carbons (Fsp3) is 0.385. The second-order valence-electron chi connectivity index (χ2n) is 4.34. The number of rotatable bonds is 1. The molecule has 1 aliphatic rings. The Morgan fingerprint density at radius 3 is 3.00 bits per heavy atom. The molecule has 0 aliphatic carbocycles. The molecule has 5 heteroatoms. The third kappa shape index (κ3) is 2.85. The monoisotopic (exact) mass is 326 g/mol. The Balaban J connectivity index is 2.18. The molecule has 1 unspecified atom stereocenters. The van der Waals surface area contributed by atoms with E-state index in [4.69, 9.17) is 16.9 Å². The molecule has 1 aromatic rings. The molecule has 0 aromatic heterocycles. The van der Waals surface area contributed by atoms with Crippen LogP contribution in [0, 0.1) is 17.2 Å². The Labute approximate surface area is 119 Å². The van der Waals surface area contributed by atoms with Gasteiger partial charge in [-0.1, -0.05) is 27.5 Å². The zero-order valence-corrected chi connectivity index (χ0v) is 12.0. The number of carbonyl (C=O) groups excluding carboxylic acids is 1. The van der Waals surface area contributed by atoms with E-state index in [9.17, 15) is 4.79 Å². The summed E-state index contributed by atoms with van der Waals surface area (Å²) in [7, 11) is 0. The van der Waals surface area contributed by atoms with Crippen LogP contribution in [-0.4, -0.2) is 23.9 Å². The lowest BCUT2D eigenvalue weighted by molar-refractivity contribution is 0.0699. The van der Waals surface area contributed by atoms with Crippen molar-refractivity contribution in [2.24, 2.45) is 5.92 Å². The molecule has 0 N–H and O–H groups in total. The number of nitrogens with zero attached hydrogens (tertiary/aromatic N) is 2. The standard InChI is InChI=1S/C13H12BrClN2O/c14-10-3-4-11(12(15)6-10)13(18)17-5-1-2-9(7-16)8-17/h3-4,6,9H,1-2,5,8H2. The first-order valence-corrected chi connectivity index (χ1v) is 6.93. The van der Waals surface area contributed by atoms with E-state index in [0.717, 1.165) is 17.3 Å². The molecule has 1 aliphatic heterocycles. The van der Waals surface area contributed by atoms with Crippen molar-refractivity contribution in [3.8, 4) is 6.07 Å². The van der Waals surface area contributed by atoms with Gasteiger partial charge in [0.1, 0.15) is 0 Å². The van der Waals surface area contributed by atoms with Crippen molar-refractivity contribution in [2.45, 2.75) is 12.8 Å². The van der Waals surface area contributed by atoms with Crippen LogP contribution in [0.1, 0.15) is 23.2 Å². The van der Waals surface area contributed by atoms with E-state index in [2.05, 4.69) is 22.0 Å². The molecule has 2 rings (SSSR count). The number of likely N-dealkylation sites (tertiary alicyclic amines) is 1. The highest BCUT2D eigenvalue weighted by atomic mass is 79.9. The third-order valence-electron chi connectivity index (χ3n) is 3.05. The van der Waals surface area contributed by atoms with Crippen LogP contribution in [0.5, 0.6) is 0 Å². The van der Waals surface area contributed by atoms with Gasteiger partial charge in [0.15, 0.2) is 0 Å². The molecule has 3 nitrogen and oxygen atoms in total.